The Morgan fingerprint density at radius 3 is 2.21 bits per heavy atom. The van der Waals surface area contributed by atoms with E-state index >= 15 is 0 Å². The largest absolute Gasteiger partial charge is 0.376 e. The lowest BCUT2D eigenvalue weighted by Crippen LogP contribution is -2.16. The molecule has 1 unspecified atom stereocenters. The summed E-state index contributed by atoms with van der Waals surface area (Å²) in [6.07, 6.45) is -0.636. The van der Waals surface area contributed by atoms with Gasteiger partial charge in [0.1, 0.15) is 14.2 Å². The van der Waals surface area contributed by atoms with E-state index < -0.39 is 14.2 Å². The molecule has 14 heavy (non-hydrogen) atoms. The summed E-state index contributed by atoms with van der Waals surface area (Å²) in [6, 6.07) is 9.54. The Bertz CT molecular complexity index is 340. The molecular formula is C12H16OSi. The minimum absolute atomic E-state index is 0.636. The molecule has 0 amide bonds. The first-order valence-electron chi connectivity index (χ1n) is 4.75. The molecule has 1 N–H and O–H groups in total. The highest BCUT2D eigenvalue weighted by molar-refractivity contribution is 6.83. The van der Waals surface area contributed by atoms with Crippen LogP contribution in [0.5, 0.6) is 0 Å². The summed E-state index contributed by atoms with van der Waals surface area (Å²) in [4.78, 5) is 0. The summed E-state index contributed by atoms with van der Waals surface area (Å²) in [5.74, 6) is 2.91. The zero-order valence-corrected chi connectivity index (χ0v) is 9.91. The van der Waals surface area contributed by atoms with Crippen LogP contribution in [0.15, 0.2) is 30.3 Å². The third-order valence-electron chi connectivity index (χ3n) is 1.70. The molecule has 1 atom stereocenters. The van der Waals surface area contributed by atoms with Crippen molar-refractivity contribution in [1.82, 2.24) is 0 Å². The predicted molar refractivity (Wildman–Crippen MR) is 62.5 cm³/mol. The van der Waals surface area contributed by atoms with Crippen molar-refractivity contribution in [3.63, 3.8) is 0 Å². The molecule has 74 valence electrons. The molecule has 0 heterocycles. The van der Waals surface area contributed by atoms with Gasteiger partial charge >= 0.3 is 0 Å². The number of benzene rings is 1. The van der Waals surface area contributed by atoms with E-state index in [0.717, 1.165) is 5.56 Å². The minimum atomic E-state index is -1.37. The first kappa shape index (κ1) is 11.0. The van der Waals surface area contributed by atoms with E-state index in [0.29, 0.717) is 0 Å². The predicted octanol–water partition coefficient (Wildman–Crippen LogP) is 2.60. The van der Waals surface area contributed by atoms with E-state index in [9.17, 15) is 5.11 Å². The van der Waals surface area contributed by atoms with Crippen molar-refractivity contribution >= 4 is 8.07 Å². The third-order valence-corrected chi connectivity index (χ3v) is 2.59. The molecule has 1 nitrogen and oxygen atoms in total. The van der Waals surface area contributed by atoms with Gasteiger partial charge in [-0.3, -0.25) is 0 Å². The lowest BCUT2D eigenvalue weighted by molar-refractivity contribution is 0.238. The van der Waals surface area contributed by atoms with Crippen molar-refractivity contribution in [1.29, 1.82) is 0 Å². The van der Waals surface area contributed by atoms with E-state index in [1.807, 2.05) is 30.3 Å². The lowest BCUT2D eigenvalue weighted by Gasteiger charge is -2.06. The molecular weight excluding hydrogens is 188 g/mol. The van der Waals surface area contributed by atoms with Crippen molar-refractivity contribution in [2.75, 3.05) is 0 Å². The van der Waals surface area contributed by atoms with Crippen LogP contribution in [0.1, 0.15) is 11.7 Å². The molecule has 0 radical (unpaired) electrons. The number of aliphatic hydroxyl groups excluding tert-OH is 1. The van der Waals surface area contributed by atoms with Crippen molar-refractivity contribution in [3.05, 3.63) is 35.9 Å². The number of hydrogen-bond donors (Lipinski definition) is 1. The van der Waals surface area contributed by atoms with Crippen LogP contribution in [0.4, 0.5) is 0 Å². The Morgan fingerprint density at radius 2 is 1.71 bits per heavy atom. The molecule has 0 aliphatic heterocycles. The maximum atomic E-state index is 9.73. The van der Waals surface area contributed by atoms with Gasteiger partial charge in [-0.1, -0.05) is 55.9 Å². The van der Waals surface area contributed by atoms with Gasteiger partial charge in [0.05, 0.1) is 0 Å². The summed E-state index contributed by atoms with van der Waals surface area (Å²) in [5.41, 5.74) is 4.03. The van der Waals surface area contributed by atoms with Crippen LogP contribution in [-0.4, -0.2) is 13.2 Å². The van der Waals surface area contributed by atoms with Gasteiger partial charge in [-0.05, 0) is 5.56 Å². The normalized spacial score (nSPS) is 12.9. The summed E-state index contributed by atoms with van der Waals surface area (Å²) < 4.78 is 0. The minimum Gasteiger partial charge on any atom is -0.376 e. The van der Waals surface area contributed by atoms with Crippen molar-refractivity contribution in [2.45, 2.75) is 25.7 Å². The molecule has 0 saturated carbocycles. The van der Waals surface area contributed by atoms with Gasteiger partial charge in [0, 0.05) is 0 Å². The van der Waals surface area contributed by atoms with Gasteiger partial charge in [-0.15, -0.1) is 5.54 Å². The Morgan fingerprint density at radius 1 is 1.14 bits per heavy atom. The molecule has 0 aliphatic rings. The van der Waals surface area contributed by atoms with Crippen molar-refractivity contribution in [2.24, 2.45) is 0 Å². The van der Waals surface area contributed by atoms with Crippen molar-refractivity contribution < 1.29 is 5.11 Å². The fourth-order valence-electron chi connectivity index (χ4n) is 1.00. The molecule has 0 saturated heterocycles. The summed E-state index contributed by atoms with van der Waals surface area (Å²) >= 11 is 0. The SMILES string of the molecule is C[Si](C)(C)C#CC(O)c1ccccc1. The van der Waals surface area contributed by atoms with Crippen LogP contribution in [0.25, 0.3) is 0 Å². The first-order chi connectivity index (χ1) is 6.49. The van der Waals surface area contributed by atoms with E-state index in [2.05, 4.69) is 31.1 Å². The molecule has 0 spiro atoms. The Kier molecular flexibility index (Phi) is 3.51. The molecule has 1 aromatic rings. The van der Waals surface area contributed by atoms with Gasteiger partial charge in [-0.2, -0.15) is 0 Å². The van der Waals surface area contributed by atoms with E-state index in [-0.39, 0.29) is 0 Å². The summed E-state index contributed by atoms with van der Waals surface area (Å²) in [6.45, 7) is 6.49. The summed E-state index contributed by atoms with van der Waals surface area (Å²) in [7, 11) is -1.37. The summed E-state index contributed by atoms with van der Waals surface area (Å²) in [5, 5.41) is 9.73. The molecule has 0 aromatic heterocycles. The second kappa shape index (κ2) is 4.45. The lowest BCUT2D eigenvalue weighted by atomic mass is 10.1. The van der Waals surface area contributed by atoms with Crippen molar-refractivity contribution in [3.8, 4) is 11.5 Å². The van der Waals surface area contributed by atoms with Gasteiger partial charge in [-0.25, -0.2) is 0 Å². The molecule has 2 heteroatoms. The van der Waals surface area contributed by atoms with Crippen LogP contribution >= 0.6 is 0 Å². The average molecular weight is 204 g/mol. The van der Waals surface area contributed by atoms with Gasteiger partial charge in [0.2, 0.25) is 0 Å². The molecule has 1 rings (SSSR count). The van der Waals surface area contributed by atoms with E-state index in [1.165, 1.54) is 0 Å². The molecule has 0 aliphatic carbocycles. The standard InChI is InChI=1S/C12H16OSi/c1-14(2,3)10-9-12(13)11-7-5-4-6-8-11/h4-8,12-13H,1-3H3. The van der Waals surface area contributed by atoms with Crippen LogP contribution < -0.4 is 0 Å². The highest BCUT2D eigenvalue weighted by Gasteiger charge is 2.09. The first-order valence-corrected chi connectivity index (χ1v) is 8.25. The van der Waals surface area contributed by atoms with Crippen LogP contribution in [-0.2, 0) is 0 Å². The Labute approximate surface area is 86.8 Å². The maximum Gasteiger partial charge on any atom is 0.139 e. The Hall–Kier alpha value is -1.04. The zero-order chi connectivity index (χ0) is 10.6. The number of aliphatic hydroxyl groups is 1. The third kappa shape index (κ3) is 3.78. The van der Waals surface area contributed by atoms with Gasteiger partial charge in [0.15, 0.2) is 0 Å². The molecule has 1 aromatic carbocycles. The van der Waals surface area contributed by atoms with E-state index in [4.69, 9.17) is 0 Å². The fourth-order valence-corrected chi connectivity index (χ4v) is 1.57. The van der Waals surface area contributed by atoms with Crippen LogP contribution in [0, 0.1) is 11.5 Å². The maximum absolute atomic E-state index is 9.73. The van der Waals surface area contributed by atoms with Gasteiger partial charge < -0.3 is 5.11 Å². The number of rotatable bonds is 1. The highest BCUT2D eigenvalue weighted by atomic mass is 28.3. The topological polar surface area (TPSA) is 20.2 Å². The number of hydrogen-bond acceptors (Lipinski definition) is 1. The average Bonchev–Trinajstić information content (AvgIpc) is 2.14. The zero-order valence-electron chi connectivity index (χ0n) is 8.91. The molecule has 0 bridgehead atoms. The van der Waals surface area contributed by atoms with Crippen LogP contribution in [0.3, 0.4) is 0 Å². The highest BCUT2D eigenvalue weighted by Crippen LogP contribution is 2.10. The fraction of sp³-hybridized carbons (Fsp3) is 0.333. The monoisotopic (exact) mass is 204 g/mol. The second-order valence-corrected chi connectivity index (χ2v) is 9.08. The van der Waals surface area contributed by atoms with E-state index in [1.54, 1.807) is 0 Å². The quantitative estimate of drug-likeness (QED) is 0.551. The van der Waals surface area contributed by atoms with Crippen LogP contribution in [0.2, 0.25) is 19.6 Å². The molecule has 0 fully saturated rings. The smallest absolute Gasteiger partial charge is 0.139 e. The van der Waals surface area contributed by atoms with Gasteiger partial charge in [0.25, 0.3) is 0 Å². The Balaban J connectivity index is 2.76. The second-order valence-electron chi connectivity index (χ2n) is 4.33.